The van der Waals surface area contributed by atoms with Crippen LogP contribution in [0.2, 0.25) is 0 Å². The maximum absolute atomic E-state index is 13.9. The van der Waals surface area contributed by atoms with Crippen LogP contribution in [0.15, 0.2) is 51.5 Å². The number of fused-ring (bicyclic) bond motifs is 1. The summed E-state index contributed by atoms with van der Waals surface area (Å²) in [6.07, 6.45) is 2.90. The van der Waals surface area contributed by atoms with E-state index < -0.39 is 10.7 Å². The molecule has 8 nitrogen and oxygen atoms in total. The third-order valence-corrected chi connectivity index (χ3v) is 3.24. The first-order valence-electron chi connectivity index (χ1n) is 6.57. The molecule has 2 heterocycles. The maximum atomic E-state index is 13.9. The number of allylic oxidation sites excluding steroid dienone is 1. The van der Waals surface area contributed by atoms with Gasteiger partial charge in [0.15, 0.2) is 11.6 Å². The summed E-state index contributed by atoms with van der Waals surface area (Å²) in [4.78, 5) is 13.9. The molecule has 1 aromatic rings. The van der Waals surface area contributed by atoms with Gasteiger partial charge in [-0.1, -0.05) is 0 Å². The van der Waals surface area contributed by atoms with E-state index in [0.29, 0.717) is 12.1 Å². The lowest BCUT2D eigenvalue weighted by Gasteiger charge is -2.27. The molecule has 23 heavy (non-hydrogen) atoms. The number of aliphatic hydroxyl groups is 1. The van der Waals surface area contributed by atoms with Crippen LogP contribution < -0.4 is 4.74 Å². The number of hydrogen-bond acceptors (Lipinski definition) is 7. The van der Waals surface area contributed by atoms with Gasteiger partial charge in [-0.05, 0) is 18.6 Å². The number of halogens is 1. The van der Waals surface area contributed by atoms with Crippen molar-refractivity contribution in [3.63, 3.8) is 0 Å². The number of hydrazone groups is 1. The molecule has 0 radical (unpaired) electrons. The van der Waals surface area contributed by atoms with Crippen molar-refractivity contribution in [2.24, 2.45) is 10.1 Å². The highest BCUT2D eigenvalue weighted by Gasteiger charge is 2.27. The first-order valence-corrected chi connectivity index (χ1v) is 6.57. The van der Waals surface area contributed by atoms with Crippen LogP contribution >= 0.6 is 0 Å². The Kier molecular flexibility index (Phi) is 3.53. The molecule has 2 aliphatic rings. The summed E-state index contributed by atoms with van der Waals surface area (Å²) in [6.45, 7) is 1.76. The van der Waals surface area contributed by atoms with E-state index >= 15 is 0 Å². The van der Waals surface area contributed by atoms with Crippen LogP contribution in [0.4, 0.5) is 10.1 Å². The van der Waals surface area contributed by atoms with Gasteiger partial charge in [-0.15, -0.1) is 0 Å². The van der Waals surface area contributed by atoms with Gasteiger partial charge in [0.05, 0.1) is 17.2 Å². The van der Waals surface area contributed by atoms with Gasteiger partial charge in [0, 0.05) is 12.5 Å². The molecule has 0 saturated carbocycles. The lowest BCUT2D eigenvalue weighted by molar-refractivity contribution is -0.385. The third-order valence-electron chi connectivity index (χ3n) is 3.24. The Morgan fingerprint density at radius 3 is 2.96 bits per heavy atom. The Labute approximate surface area is 129 Å². The van der Waals surface area contributed by atoms with Crippen molar-refractivity contribution in [2.75, 3.05) is 0 Å². The molecule has 3 rings (SSSR count). The number of ether oxygens (including phenoxy) is 1. The van der Waals surface area contributed by atoms with E-state index in [1.54, 1.807) is 6.92 Å². The van der Waals surface area contributed by atoms with Gasteiger partial charge in [0.25, 0.3) is 5.69 Å². The lowest BCUT2D eigenvalue weighted by atomic mass is 10.1. The molecule has 1 aromatic carbocycles. The third kappa shape index (κ3) is 2.76. The van der Waals surface area contributed by atoms with Crippen molar-refractivity contribution in [3.8, 4) is 5.75 Å². The summed E-state index contributed by atoms with van der Waals surface area (Å²) >= 11 is 0. The first kappa shape index (κ1) is 14.7. The molecule has 0 saturated heterocycles. The number of nitro groups is 1. The minimum absolute atomic E-state index is 0.0917. The normalized spacial score (nSPS) is 16.7. The smallest absolute Gasteiger partial charge is 0.272 e. The largest absolute Gasteiger partial charge is 0.510 e. The second-order valence-corrected chi connectivity index (χ2v) is 4.91. The van der Waals surface area contributed by atoms with Crippen molar-refractivity contribution < 1.29 is 19.2 Å². The zero-order chi connectivity index (χ0) is 16.6. The highest BCUT2D eigenvalue weighted by Crippen LogP contribution is 2.29. The summed E-state index contributed by atoms with van der Waals surface area (Å²) < 4.78 is 19.4. The van der Waals surface area contributed by atoms with Crippen LogP contribution in [0.1, 0.15) is 13.3 Å². The van der Waals surface area contributed by atoms with E-state index in [2.05, 4.69) is 10.1 Å². The molecule has 0 amide bonds. The van der Waals surface area contributed by atoms with Gasteiger partial charge in [-0.25, -0.2) is 9.40 Å². The average Bonchev–Trinajstić information content (AvgIpc) is 2.48. The Morgan fingerprint density at radius 1 is 1.48 bits per heavy atom. The second-order valence-electron chi connectivity index (χ2n) is 4.91. The van der Waals surface area contributed by atoms with E-state index in [1.165, 1.54) is 17.5 Å². The summed E-state index contributed by atoms with van der Waals surface area (Å²) in [5.74, 6) is -0.841. The number of non-ortho nitro benzene ring substituents is 1. The molecule has 0 unspecified atom stereocenters. The van der Waals surface area contributed by atoms with E-state index in [0.717, 1.165) is 23.8 Å². The molecule has 0 bridgehead atoms. The zero-order valence-corrected chi connectivity index (χ0v) is 11.9. The van der Waals surface area contributed by atoms with Gasteiger partial charge < -0.3 is 9.84 Å². The SMILES string of the molecule is CC1=C2C(Oc3ccc([N+](=O)[O-])cc3F)=NC=NN2C=C(O)C1. The summed E-state index contributed by atoms with van der Waals surface area (Å²) in [7, 11) is 0. The van der Waals surface area contributed by atoms with Crippen LogP contribution in [-0.4, -0.2) is 27.3 Å². The van der Waals surface area contributed by atoms with E-state index in [1.807, 2.05) is 0 Å². The maximum Gasteiger partial charge on any atom is 0.272 e. The van der Waals surface area contributed by atoms with E-state index in [4.69, 9.17) is 4.74 Å². The molecule has 0 aliphatic carbocycles. The van der Waals surface area contributed by atoms with Gasteiger partial charge >= 0.3 is 0 Å². The Bertz CT molecular complexity index is 813. The Morgan fingerprint density at radius 2 is 2.26 bits per heavy atom. The van der Waals surface area contributed by atoms with Crippen molar-refractivity contribution in [1.82, 2.24) is 5.01 Å². The zero-order valence-electron chi connectivity index (χ0n) is 11.9. The van der Waals surface area contributed by atoms with Crippen LogP contribution in [-0.2, 0) is 0 Å². The van der Waals surface area contributed by atoms with Crippen LogP contribution in [0.3, 0.4) is 0 Å². The average molecular weight is 318 g/mol. The van der Waals surface area contributed by atoms with Crippen molar-refractivity contribution in [1.29, 1.82) is 0 Å². The quantitative estimate of drug-likeness (QED) is 0.667. The molecule has 0 aromatic heterocycles. The molecule has 118 valence electrons. The van der Waals surface area contributed by atoms with Gasteiger partial charge in [0.1, 0.15) is 17.8 Å². The number of nitro benzene ring substituents is 1. The first-order chi connectivity index (χ1) is 11.0. The minimum Gasteiger partial charge on any atom is -0.510 e. The van der Waals surface area contributed by atoms with Crippen LogP contribution in [0.25, 0.3) is 0 Å². The highest BCUT2D eigenvalue weighted by atomic mass is 19.1. The fourth-order valence-electron chi connectivity index (χ4n) is 2.23. The summed E-state index contributed by atoms with van der Waals surface area (Å²) in [5.41, 5.74) is 0.857. The molecule has 0 atom stereocenters. The van der Waals surface area contributed by atoms with Gasteiger partial charge in [0.2, 0.25) is 5.90 Å². The molecule has 9 heteroatoms. The molecular weight excluding hydrogens is 307 g/mol. The number of nitrogens with zero attached hydrogens (tertiary/aromatic N) is 4. The number of rotatable bonds is 2. The standard InChI is InChI=1S/C14H11FN4O4/c1-8-4-10(20)6-18-13(8)14(16-7-17-18)23-12-3-2-9(19(21)22)5-11(12)15/h2-3,5-7,20H,4H2,1H3. The Hall–Kier alpha value is -3.23. The second kappa shape index (κ2) is 5.52. The predicted octanol–water partition coefficient (Wildman–Crippen LogP) is 2.85. The van der Waals surface area contributed by atoms with Crippen LogP contribution in [0.5, 0.6) is 5.75 Å². The van der Waals surface area contributed by atoms with Crippen molar-refractivity contribution in [2.45, 2.75) is 13.3 Å². The lowest BCUT2D eigenvalue weighted by Crippen LogP contribution is -2.29. The van der Waals surface area contributed by atoms with Crippen LogP contribution in [0, 0.1) is 15.9 Å². The summed E-state index contributed by atoms with van der Waals surface area (Å²) in [6, 6.07) is 3.08. The molecular formula is C14H11FN4O4. The van der Waals surface area contributed by atoms with Gasteiger partial charge in [-0.2, -0.15) is 10.1 Å². The topological polar surface area (TPSA) is 101 Å². The predicted molar refractivity (Wildman–Crippen MR) is 79.5 cm³/mol. The van der Waals surface area contributed by atoms with Gasteiger partial charge in [-0.3, -0.25) is 10.1 Å². The minimum atomic E-state index is -0.872. The van der Waals surface area contributed by atoms with Crippen molar-refractivity contribution >= 4 is 17.9 Å². The number of aliphatic imine (C=N–C) groups is 1. The Balaban J connectivity index is 1.91. The number of hydrogen-bond donors (Lipinski definition) is 1. The molecule has 2 aliphatic heterocycles. The monoisotopic (exact) mass is 318 g/mol. The summed E-state index contributed by atoms with van der Waals surface area (Å²) in [5, 5.41) is 25.6. The van der Waals surface area contributed by atoms with E-state index in [9.17, 15) is 19.6 Å². The van der Waals surface area contributed by atoms with Crippen molar-refractivity contribution in [3.05, 3.63) is 57.4 Å². The molecule has 1 N–H and O–H groups in total. The number of benzene rings is 1. The fraction of sp³-hybridized carbons (Fsp3) is 0.143. The molecule has 0 fully saturated rings. The number of aliphatic hydroxyl groups excluding tert-OH is 1. The highest BCUT2D eigenvalue weighted by molar-refractivity contribution is 6.01. The van der Waals surface area contributed by atoms with E-state index in [-0.39, 0.29) is 23.1 Å². The fourth-order valence-corrected chi connectivity index (χ4v) is 2.23. The molecule has 0 spiro atoms.